The molecule has 0 saturated carbocycles. The molecular formula is C14H20Cl2N2O. The number of rotatable bonds is 3. The van der Waals surface area contributed by atoms with Gasteiger partial charge in [0.05, 0.1) is 22.3 Å². The van der Waals surface area contributed by atoms with E-state index in [4.69, 9.17) is 33.7 Å². The average molecular weight is 303 g/mol. The van der Waals surface area contributed by atoms with Crippen LogP contribution in [0.2, 0.25) is 10.0 Å². The van der Waals surface area contributed by atoms with Gasteiger partial charge in [-0.3, -0.25) is 4.90 Å². The van der Waals surface area contributed by atoms with Crippen LogP contribution in [-0.4, -0.2) is 36.7 Å². The summed E-state index contributed by atoms with van der Waals surface area (Å²) in [4.78, 5) is 2.33. The number of nitrogens with two attached hydrogens (primary N) is 1. The third-order valence-corrected chi connectivity index (χ3v) is 4.29. The van der Waals surface area contributed by atoms with Gasteiger partial charge in [0, 0.05) is 25.7 Å². The minimum atomic E-state index is 0.0833. The molecule has 5 heteroatoms. The Morgan fingerprint density at radius 2 is 1.95 bits per heavy atom. The van der Waals surface area contributed by atoms with E-state index in [1.807, 2.05) is 12.1 Å². The van der Waals surface area contributed by atoms with Crippen molar-refractivity contribution in [2.45, 2.75) is 32.1 Å². The number of hydrogen-bond acceptors (Lipinski definition) is 3. The van der Waals surface area contributed by atoms with Crippen LogP contribution in [0.1, 0.15) is 25.5 Å². The molecule has 1 aromatic carbocycles. The Morgan fingerprint density at radius 3 is 2.53 bits per heavy atom. The van der Waals surface area contributed by atoms with E-state index in [1.165, 1.54) is 0 Å². The highest BCUT2D eigenvalue weighted by Gasteiger charge is 2.29. The van der Waals surface area contributed by atoms with Crippen molar-refractivity contribution in [3.8, 4) is 0 Å². The van der Waals surface area contributed by atoms with Crippen molar-refractivity contribution >= 4 is 23.2 Å². The van der Waals surface area contributed by atoms with Gasteiger partial charge in [-0.2, -0.15) is 0 Å². The molecule has 3 nitrogen and oxygen atoms in total. The van der Waals surface area contributed by atoms with Gasteiger partial charge in [-0.05, 0) is 25.5 Å². The van der Waals surface area contributed by atoms with Gasteiger partial charge in [0.2, 0.25) is 0 Å². The number of ether oxygens (including phenoxy) is 1. The zero-order valence-electron chi connectivity index (χ0n) is 11.3. The fraction of sp³-hybridized carbons (Fsp3) is 0.571. The molecule has 0 radical (unpaired) electrons. The molecule has 3 atom stereocenters. The first-order chi connectivity index (χ1) is 9.02. The molecule has 1 heterocycles. The van der Waals surface area contributed by atoms with Gasteiger partial charge in [-0.25, -0.2) is 0 Å². The van der Waals surface area contributed by atoms with E-state index in [0.29, 0.717) is 16.6 Å². The zero-order valence-corrected chi connectivity index (χ0v) is 12.8. The summed E-state index contributed by atoms with van der Waals surface area (Å²) in [6, 6.07) is 5.79. The molecule has 2 rings (SSSR count). The van der Waals surface area contributed by atoms with Gasteiger partial charge in [0.1, 0.15) is 0 Å². The van der Waals surface area contributed by atoms with Gasteiger partial charge in [0.25, 0.3) is 0 Å². The predicted molar refractivity (Wildman–Crippen MR) is 79.8 cm³/mol. The van der Waals surface area contributed by atoms with Crippen LogP contribution < -0.4 is 5.73 Å². The molecular weight excluding hydrogens is 283 g/mol. The molecule has 1 aromatic rings. The maximum absolute atomic E-state index is 6.31. The van der Waals surface area contributed by atoms with Gasteiger partial charge in [-0.1, -0.05) is 35.3 Å². The van der Waals surface area contributed by atoms with Crippen LogP contribution >= 0.6 is 23.2 Å². The van der Waals surface area contributed by atoms with E-state index < -0.39 is 0 Å². The van der Waals surface area contributed by atoms with Crippen molar-refractivity contribution in [2.75, 3.05) is 19.6 Å². The smallest absolute Gasteiger partial charge is 0.0678 e. The van der Waals surface area contributed by atoms with Crippen LogP contribution in [0.3, 0.4) is 0 Å². The maximum Gasteiger partial charge on any atom is 0.0678 e. The molecule has 106 valence electrons. The first-order valence-electron chi connectivity index (χ1n) is 6.56. The number of halogens is 2. The van der Waals surface area contributed by atoms with Crippen LogP contribution in [0.5, 0.6) is 0 Å². The van der Waals surface area contributed by atoms with Crippen molar-refractivity contribution in [2.24, 2.45) is 5.73 Å². The first-order valence-corrected chi connectivity index (χ1v) is 7.32. The second kappa shape index (κ2) is 6.42. The second-order valence-corrected chi connectivity index (χ2v) is 5.89. The van der Waals surface area contributed by atoms with E-state index in [0.717, 1.165) is 18.7 Å². The average Bonchev–Trinajstić information content (AvgIpc) is 2.34. The molecule has 19 heavy (non-hydrogen) atoms. The van der Waals surface area contributed by atoms with E-state index in [-0.39, 0.29) is 18.2 Å². The Kier molecular flexibility index (Phi) is 5.09. The van der Waals surface area contributed by atoms with Crippen molar-refractivity contribution in [3.63, 3.8) is 0 Å². The van der Waals surface area contributed by atoms with Gasteiger partial charge >= 0.3 is 0 Å². The van der Waals surface area contributed by atoms with Crippen LogP contribution in [0.15, 0.2) is 18.2 Å². The minimum Gasteiger partial charge on any atom is -0.373 e. The Labute approximate surface area is 124 Å². The number of hydrogen-bond donors (Lipinski definition) is 1. The van der Waals surface area contributed by atoms with Gasteiger partial charge < -0.3 is 10.5 Å². The fourth-order valence-corrected chi connectivity index (χ4v) is 3.16. The Balaban J connectivity index is 2.26. The second-order valence-electron chi connectivity index (χ2n) is 5.11. The summed E-state index contributed by atoms with van der Waals surface area (Å²) in [5.74, 6) is 0. The summed E-state index contributed by atoms with van der Waals surface area (Å²) in [7, 11) is 0. The zero-order chi connectivity index (χ0) is 14.0. The molecule has 0 unspecified atom stereocenters. The highest BCUT2D eigenvalue weighted by Crippen LogP contribution is 2.33. The van der Waals surface area contributed by atoms with Crippen LogP contribution in [0.4, 0.5) is 0 Å². The van der Waals surface area contributed by atoms with Gasteiger partial charge in [0.15, 0.2) is 0 Å². The van der Waals surface area contributed by atoms with Gasteiger partial charge in [-0.15, -0.1) is 0 Å². The summed E-state index contributed by atoms with van der Waals surface area (Å²) in [6.45, 7) is 6.38. The van der Waals surface area contributed by atoms with Crippen LogP contribution in [-0.2, 0) is 4.74 Å². The molecule has 0 bridgehead atoms. The molecule has 0 spiro atoms. The summed E-state index contributed by atoms with van der Waals surface area (Å²) in [5.41, 5.74) is 6.96. The highest BCUT2D eigenvalue weighted by molar-refractivity contribution is 6.42. The lowest BCUT2D eigenvalue weighted by Gasteiger charge is -2.40. The number of benzene rings is 1. The third kappa shape index (κ3) is 3.41. The monoisotopic (exact) mass is 302 g/mol. The molecule has 0 aromatic heterocycles. The SMILES string of the molecule is C[C@@H]1CN([C@@H](CN)c2cccc(Cl)c2Cl)C[C@@H](C)O1. The predicted octanol–water partition coefficient (Wildman–Crippen LogP) is 3.10. The summed E-state index contributed by atoms with van der Waals surface area (Å²) < 4.78 is 5.76. The van der Waals surface area contributed by atoms with E-state index in [2.05, 4.69) is 18.7 Å². The quantitative estimate of drug-likeness (QED) is 0.932. The lowest BCUT2D eigenvalue weighted by molar-refractivity contribution is -0.0799. The number of nitrogens with zero attached hydrogens (tertiary/aromatic N) is 1. The normalized spacial score (nSPS) is 26.4. The Morgan fingerprint density at radius 1 is 1.32 bits per heavy atom. The van der Waals surface area contributed by atoms with Crippen molar-refractivity contribution in [3.05, 3.63) is 33.8 Å². The van der Waals surface area contributed by atoms with E-state index >= 15 is 0 Å². The first kappa shape index (κ1) is 15.1. The lowest BCUT2D eigenvalue weighted by Crippen LogP contribution is -2.48. The third-order valence-electron chi connectivity index (χ3n) is 3.45. The summed E-state index contributed by atoms with van der Waals surface area (Å²) in [6.07, 6.45) is 0.409. The van der Waals surface area contributed by atoms with Crippen LogP contribution in [0.25, 0.3) is 0 Å². The highest BCUT2D eigenvalue weighted by atomic mass is 35.5. The molecule has 1 aliphatic heterocycles. The topological polar surface area (TPSA) is 38.5 Å². The van der Waals surface area contributed by atoms with Crippen molar-refractivity contribution < 1.29 is 4.74 Å². The number of morpholine rings is 1. The summed E-state index contributed by atoms with van der Waals surface area (Å²) >= 11 is 12.4. The lowest BCUT2D eigenvalue weighted by atomic mass is 10.0. The fourth-order valence-electron chi connectivity index (χ4n) is 2.72. The standard InChI is InChI=1S/C14H20Cl2N2O/c1-9-7-18(8-10(2)19-9)13(6-17)11-4-3-5-12(15)14(11)16/h3-5,9-10,13H,6-8,17H2,1-2H3/t9-,10-,13+/m1/s1. The van der Waals surface area contributed by atoms with E-state index in [9.17, 15) is 0 Å². The minimum absolute atomic E-state index is 0.0833. The van der Waals surface area contributed by atoms with Crippen LogP contribution in [0, 0.1) is 0 Å². The molecule has 1 fully saturated rings. The molecule has 1 saturated heterocycles. The summed E-state index contributed by atoms with van der Waals surface area (Å²) in [5, 5.41) is 1.18. The molecule has 1 aliphatic rings. The largest absolute Gasteiger partial charge is 0.373 e. The van der Waals surface area contributed by atoms with E-state index in [1.54, 1.807) is 6.07 Å². The van der Waals surface area contributed by atoms with Crippen molar-refractivity contribution in [1.29, 1.82) is 0 Å². The maximum atomic E-state index is 6.31. The molecule has 0 amide bonds. The van der Waals surface area contributed by atoms with Crippen molar-refractivity contribution in [1.82, 2.24) is 4.90 Å². The molecule has 0 aliphatic carbocycles. The molecule has 2 N–H and O–H groups in total. The Hall–Kier alpha value is -0.320. The Bertz CT molecular complexity index is 431.